The topological polar surface area (TPSA) is 87.9 Å². The summed E-state index contributed by atoms with van der Waals surface area (Å²) >= 11 is 0. The van der Waals surface area contributed by atoms with Crippen LogP contribution in [-0.4, -0.2) is 68.1 Å². The minimum Gasteiger partial charge on any atom is -0.507 e. The Hall–Kier alpha value is -3.16. The van der Waals surface area contributed by atoms with Gasteiger partial charge in [-0.05, 0) is 17.7 Å². The molecule has 2 aliphatic heterocycles. The number of aliphatic hydroxyl groups is 1. The minimum atomic E-state index is -0.635. The third-order valence-corrected chi connectivity index (χ3v) is 6.13. The van der Waals surface area contributed by atoms with Crippen LogP contribution in [0.4, 0.5) is 0 Å². The molecule has 31 heavy (non-hydrogen) atoms. The van der Waals surface area contributed by atoms with Gasteiger partial charge in [-0.1, -0.05) is 42.5 Å². The lowest BCUT2D eigenvalue weighted by molar-refractivity contribution is -0.946. The van der Waals surface area contributed by atoms with Crippen LogP contribution in [0.25, 0.3) is 5.76 Å². The Bertz CT molecular complexity index is 966. The third kappa shape index (κ3) is 4.33. The second-order valence-electron chi connectivity index (χ2n) is 8.00. The maximum absolute atomic E-state index is 13.0. The molecule has 0 unspecified atom stereocenters. The molecule has 2 saturated heterocycles. The van der Waals surface area contributed by atoms with Crippen LogP contribution in [0.15, 0.2) is 60.2 Å². The van der Waals surface area contributed by atoms with Crippen molar-refractivity contribution in [2.24, 2.45) is 0 Å². The highest BCUT2D eigenvalue weighted by Gasteiger charge is 2.46. The molecule has 0 radical (unpaired) electrons. The van der Waals surface area contributed by atoms with Crippen LogP contribution in [0.1, 0.15) is 17.2 Å². The molecule has 1 atom stereocenters. The summed E-state index contributed by atoms with van der Waals surface area (Å²) in [4.78, 5) is 29.1. The van der Waals surface area contributed by atoms with Gasteiger partial charge in [0.05, 0.1) is 31.8 Å². The third-order valence-electron chi connectivity index (χ3n) is 6.13. The molecule has 4 rings (SSSR count). The molecule has 2 aromatic carbocycles. The smallest absolute Gasteiger partial charge is 0.295 e. The highest BCUT2D eigenvalue weighted by molar-refractivity contribution is 6.46. The lowest BCUT2D eigenvalue weighted by atomic mass is 9.95. The van der Waals surface area contributed by atoms with E-state index in [9.17, 15) is 14.7 Å². The number of piperazine rings is 1. The van der Waals surface area contributed by atoms with Gasteiger partial charge in [0, 0.05) is 5.56 Å². The van der Waals surface area contributed by atoms with Crippen molar-refractivity contribution >= 4 is 17.4 Å². The van der Waals surface area contributed by atoms with Crippen LogP contribution >= 0.6 is 0 Å². The van der Waals surface area contributed by atoms with Gasteiger partial charge in [-0.2, -0.15) is 0 Å². The highest BCUT2D eigenvalue weighted by Crippen LogP contribution is 2.39. The number of carbonyl (C=O) groups excluding carboxylic acids is 2. The van der Waals surface area contributed by atoms with Gasteiger partial charge < -0.3 is 25.0 Å². The fourth-order valence-corrected chi connectivity index (χ4v) is 4.41. The zero-order valence-corrected chi connectivity index (χ0v) is 17.7. The fourth-order valence-electron chi connectivity index (χ4n) is 4.41. The molecule has 1 amide bonds. The summed E-state index contributed by atoms with van der Waals surface area (Å²) in [6.07, 6.45) is 0. The number of rotatable bonds is 6. The summed E-state index contributed by atoms with van der Waals surface area (Å²) in [5.74, 6) is -0.634. The number of likely N-dealkylation sites (tertiary alicyclic amines) is 1. The molecule has 4 N–H and O–H groups in total. The van der Waals surface area contributed by atoms with Crippen LogP contribution in [0.5, 0.6) is 5.75 Å². The van der Waals surface area contributed by atoms with Crippen molar-refractivity contribution in [2.45, 2.75) is 6.04 Å². The van der Waals surface area contributed by atoms with Crippen molar-refractivity contribution in [3.05, 3.63) is 71.3 Å². The summed E-state index contributed by atoms with van der Waals surface area (Å²) in [7, 11) is 1.59. The van der Waals surface area contributed by atoms with E-state index in [4.69, 9.17) is 4.74 Å². The predicted octanol–water partition coefficient (Wildman–Crippen LogP) is -0.421. The zero-order valence-electron chi connectivity index (χ0n) is 17.7. The first-order valence-corrected chi connectivity index (χ1v) is 10.7. The number of benzene rings is 2. The van der Waals surface area contributed by atoms with Crippen LogP contribution in [0, 0.1) is 0 Å². The van der Waals surface area contributed by atoms with E-state index in [1.165, 1.54) is 4.90 Å². The maximum Gasteiger partial charge on any atom is 0.295 e. The molecule has 0 aliphatic carbocycles. The van der Waals surface area contributed by atoms with Crippen molar-refractivity contribution in [2.75, 3.05) is 46.4 Å². The average molecular weight is 424 g/mol. The van der Waals surface area contributed by atoms with E-state index in [0.717, 1.165) is 38.3 Å². The molecular weight excluding hydrogens is 394 g/mol. The Labute approximate surface area is 181 Å². The zero-order chi connectivity index (χ0) is 21.8. The fraction of sp³-hybridized carbons (Fsp3) is 0.333. The molecule has 0 aromatic heterocycles. The molecule has 0 saturated carbocycles. The molecule has 7 nitrogen and oxygen atoms in total. The number of nitrogens with one attached hydrogen (secondary N) is 1. The normalized spacial score (nSPS) is 21.5. The maximum atomic E-state index is 13.0. The quantitative estimate of drug-likeness (QED) is 0.335. The van der Waals surface area contributed by atoms with Gasteiger partial charge in [-0.25, -0.2) is 0 Å². The molecule has 2 fully saturated rings. The largest absolute Gasteiger partial charge is 0.507 e. The lowest BCUT2D eigenvalue weighted by Gasteiger charge is -2.28. The number of Topliss-reactive ketones (excluding diaryl/α,β-unsaturated/α-hetero) is 1. The molecule has 2 aromatic rings. The van der Waals surface area contributed by atoms with E-state index in [-0.39, 0.29) is 11.3 Å². The molecule has 7 heteroatoms. The second-order valence-corrected chi connectivity index (χ2v) is 8.00. The first-order chi connectivity index (χ1) is 15.1. The molecular formula is C24H29N3O4+2. The summed E-state index contributed by atoms with van der Waals surface area (Å²) in [6, 6.07) is 15.6. The summed E-state index contributed by atoms with van der Waals surface area (Å²) < 4.78 is 5.26. The summed E-state index contributed by atoms with van der Waals surface area (Å²) in [6.45, 7) is 5.47. The number of nitrogens with zero attached hydrogens (tertiary/aromatic N) is 1. The number of ketones is 1. The number of quaternary nitrogens is 2. The van der Waals surface area contributed by atoms with E-state index < -0.39 is 17.7 Å². The Morgan fingerprint density at radius 2 is 1.77 bits per heavy atom. The van der Waals surface area contributed by atoms with E-state index in [2.05, 4.69) is 5.32 Å². The SMILES string of the molecule is COc1ccc([C@@H]2C(=C(O)c3ccccc3)C(=O)C(=O)N2CC[NH+]2CC[NH2+]CC2)cc1. The van der Waals surface area contributed by atoms with Gasteiger partial charge in [0.2, 0.25) is 0 Å². The summed E-state index contributed by atoms with van der Waals surface area (Å²) in [5.41, 5.74) is 1.44. The molecule has 162 valence electrons. The highest BCUT2D eigenvalue weighted by atomic mass is 16.5. The van der Waals surface area contributed by atoms with Crippen LogP contribution in [-0.2, 0) is 9.59 Å². The van der Waals surface area contributed by atoms with Gasteiger partial charge in [0.25, 0.3) is 11.7 Å². The van der Waals surface area contributed by atoms with Gasteiger partial charge in [0.15, 0.2) is 0 Å². The number of hydrogen-bond acceptors (Lipinski definition) is 4. The number of carbonyl (C=O) groups is 2. The van der Waals surface area contributed by atoms with Crippen molar-refractivity contribution in [1.29, 1.82) is 0 Å². The first kappa shape index (κ1) is 21.1. The average Bonchev–Trinajstić information content (AvgIpc) is 3.08. The Morgan fingerprint density at radius 3 is 2.42 bits per heavy atom. The second kappa shape index (κ2) is 9.32. The lowest BCUT2D eigenvalue weighted by Crippen LogP contribution is -3.20. The van der Waals surface area contributed by atoms with Crippen LogP contribution < -0.4 is 15.0 Å². The number of hydrogen-bond donors (Lipinski definition) is 3. The van der Waals surface area contributed by atoms with E-state index >= 15 is 0 Å². The van der Waals surface area contributed by atoms with Crippen molar-refractivity contribution in [3.8, 4) is 5.75 Å². The Kier molecular flexibility index (Phi) is 6.34. The molecule has 2 aliphatic rings. The van der Waals surface area contributed by atoms with E-state index in [0.29, 0.717) is 17.9 Å². The van der Waals surface area contributed by atoms with E-state index in [1.807, 2.05) is 30.3 Å². The summed E-state index contributed by atoms with van der Waals surface area (Å²) in [5, 5.41) is 13.3. The van der Waals surface area contributed by atoms with Gasteiger partial charge in [0.1, 0.15) is 37.7 Å². The van der Waals surface area contributed by atoms with Gasteiger partial charge >= 0.3 is 0 Å². The Morgan fingerprint density at radius 1 is 1.10 bits per heavy atom. The number of ether oxygens (including phenoxy) is 1. The van der Waals surface area contributed by atoms with Crippen molar-refractivity contribution < 1.29 is 29.6 Å². The van der Waals surface area contributed by atoms with Gasteiger partial charge in [-0.15, -0.1) is 0 Å². The first-order valence-electron chi connectivity index (χ1n) is 10.7. The Balaban J connectivity index is 1.72. The van der Waals surface area contributed by atoms with Crippen molar-refractivity contribution in [3.63, 3.8) is 0 Å². The molecule has 2 heterocycles. The van der Waals surface area contributed by atoms with Crippen LogP contribution in [0.2, 0.25) is 0 Å². The number of nitrogens with two attached hydrogens (primary N) is 1. The standard InChI is InChI=1S/C24H27N3O4/c1-31-19-9-7-17(8-10-19)21-20(22(28)18-5-3-2-4-6-18)23(29)24(30)27(21)16-15-26-13-11-25-12-14-26/h2-10,21,25,28H,11-16H2,1H3/p+2/t21-/m1/s1. The number of aliphatic hydroxyl groups excluding tert-OH is 1. The molecule has 0 spiro atoms. The van der Waals surface area contributed by atoms with Crippen LogP contribution in [0.3, 0.4) is 0 Å². The van der Waals surface area contributed by atoms with Crippen molar-refractivity contribution in [1.82, 2.24) is 4.90 Å². The minimum absolute atomic E-state index is 0.137. The van der Waals surface area contributed by atoms with Gasteiger partial charge in [-0.3, -0.25) is 9.59 Å². The number of amides is 1. The number of methoxy groups -OCH3 is 1. The predicted molar refractivity (Wildman–Crippen MR) is 116 cm³/mol. The van der Waals surface area contributed by atoms with E-state index in [1.54, 1.807) is 36.3 Å². The monoisotopic (exact) mass is 423 g/mol. The molecule has 0 bridgehead atoms.